The van der Waals surface area contributed by atoms with E-state index >= 15 is 0 Å². The zero-order valence-corrected chi connectivity index (χ0v) is 17.3. The predicted octanol–water partition coefficient (Wildman–Crippen LogP) is 2.07. The van der Waals surface area contributed by atoms with Crippen molar-refractivity contribution >= 4 is 55.9 Å². The summed E-state index contributed by atoms with van der Waals surface area (Å²) in [6, 6.07) is 9.13. The molecule has 9 nitrogen and oxygen atoms in total. The van der Waals surface area contributed by atoms with Gasteiger partial charge in [0.25, 0.3) is 11.1 Å². The molecule has 1 fully saturated rings. The highest BCUT2D eigenvalue weighted by Crippen LogP contribution is 2.33. The number of thioether (sulfide) groups is 1. The molecule has 2 aliphatic rings. The van der Waals surface area contributed by atoms with Crippen molar-refractivity contribution in [3.8, 4) is 5.69 Å². The third kappa shape index (κ3) is 3.15. The van der Waals surface area contributed by atoms with Gasteiger partial charge in [-0.15, -0.1) is 0 Å². The van der Waals surface area contributed by atoms with E-state index in [1.807, 2.05) is 18.2 Å². The Hall–Kier alpha value is -3.18. The predicted molar refractivity (Wildman–Crippen MR) is 114 cm³/mol. The van der Waals surface area contributed by atoms with Crippen LogP contribution in [0.15, 0.2) is 41.6 Å². The van der Waals surface area contributed by atoms with Crippen LogP contribution in [0.25, 0.3) is 22.9 Å². The van der Waals surface area contributed by atoms with E-state index in [1.165, 1.54) is 10.6 Å². The van der Waals surface area contributed by atoms with Gasteiger partial charge in [-0.25, -0.2) is 18.4 Å². The van der Waals surface area contributed by atoms with Gasteiger partial charge in [-0.05, 0) is 54.1 Å². The summed E-state index contributed by atoms with van der Waals surface area (Å²) in [5.74, 6) is -0.445. The number of pyridine rings is 1. The maximum atomic E-state index is 12.1. The molecule has 152 valence electrons. The number of anilines is 1. The van der Waals surface area contributed by atoms with Crippen LogP contribution in [-0.2, 0) is 21.2 Å². The number of fused-ring (bicyclic) bond motifs is 2. The van der Waals surface area contributed by atoms with E-state index in [0.29, 0.717) is 35.5 Å². The summed E-state index contributed by atoms with van der Waals surface area (Å²) in [6.07, 6.45) is 5.04. The molecule has 1 N–H and O–H groups in total. The molecule has 1 aromatic carbocycles. The van der Waals surface area contributed by atoms with Crippen molar-refractivity contribution in [1.82, 2.24) is 19.9 Å². The zero-order valence-electron chi connectivity index (χ0n) is 15.7. The summed E-state index contributed by atoms with van der Waals surface area (Å²) in [5.41, 5.74) is 4.08. The Morgan fingerprint density at radius 1 is 1.20 bits per heavy atom. The monoisotopic (exact) mass is 441 g/mol. The largest absolute Gasteiger partial charge is 0.290 e. The summed E-state index contributed by atoms with van der Waals surface area (Å²) in [7, 11) is -3.36. The van der Waals surface area contributed by atoms with Gasteiger partial charge < -0.3 is 0 Å². The average molecular weight is 441 g/mol. The maximum Gasteiger partial charge on any atom is 0.290 e. The van der Waals surface area contributed by atoms with Gasteiger partial charge in [0.15, 0.2) is 5.65 Å². The molecular formula is C19H15N5O4S2. The van der Waals surface area contributed by atoms with Crippen LogP contribution in [0.1, 0.15) is 11.3 Å². The van der Waals surface area contributed by atoms with Crippen LogP contribution in [0.5, 0.6) is 0 Å². The SMILES string of the molecule is CS(=O)(=O)N1CCc2ccc(-n3cnc4ccc(C=C5SC(=O)NC5=O)nc43)cc21. The van der Waals surface area contributed by atoms with Crippen molar-refractivity contribution in [2.24, 2.45) is 0 Å². The van der Waals surface area contributed by atoms with E-state index in [2.05, 4.69) is 15.3 Å². The second-order valence-electron chi connectivity index (χ2n) is 6.94. The number of carbonyl (C=O) groups is 2. The van der Waals surface area contributed by atoms with Crippen LogP contribution >= 0.6 is 11.8 Å². The van der Waals surface area contributed by atoms with E-state index in [-0.39, 0.29) is 4.91 Å². The molecule has 0 atom stereocenters. The highest BCUT2D eigenvalue weighted by molar-refractivity contribution is 8.18. The second-order valence-corrected chi connectivity index (χ2v) is 9.87. The summed E-state index contributed by atoms with van der Waals surface area (Å²) < 4.78 is 27.4. The van der Waals surface area contributed by atoms with Crippen molar-refractivity contribution in [3.63, 3.8) is 0 Å². The van der Waals surface area contributed by atoms with Gasteiger partial charge in [0.2, 0.25) is 10.0 Å². The Kier molecular flexibility index (Phi) is 4.19. The van der Waals surface area contributed by atoms with Gasteiger partial charge in [-0.3, -0.25) is 23.8 Å². The van der Waals surface area contributed by atoms with Crippen LogP contribution in [0.4, 0.5) is 10.5 Å². The van der Waals surface area contributed by atoms with Gasteiger partial charge >= 0.3 is 0 Å². The van der Waals surface area contributed by atoms with Crippen LogP contribution < -0.4 is 9.62 Å². The molecule has 0 radical (unpaired) electrons. The molecule has 2 aromatic heterocycles. The molecule has 2 aliphatic heterocycles. The lowest BCUT2D eigenvalue weighted by molar-refractivity contribution is -0.115. The summed E-state index contributed by atoms with van der Waals surface area (Å²) >= 11 is 0.829. The smallest absolute Gasteiger partial charge is 0.283 e. The third-order valence-corrected chi connectivity index (χ3v) is 6.93. The Bertz CT molecular complexity index is 1380. The molecular weight excluding hydrogens is 426 g/mol. The van der Waals surface area contributed by atoms with Gasteiger partial charge in [0.1, 0.15) is 11.8 Å². The molecule has 0 aliphatic carbocycles. The molecule has 4 heterocycles. The van der Waals surface area contributed by atoms with E-state index in [1.54, 1.807) is 29.1 Å². The standard InChI is InChI=1S/C19H15N5O4S2/c1-30(27,28)24-7-6-11-2-4-13(9-15(11)24)23-10-20-14-5-3-12(21-17(14)23)8-16-18(25)22-19(26)29-16/h2-5,8-10H,6-7H2,1H3,(H,22,25,26). The van der Waals surface area contributed by atoms with Crippen molar-refractivity contribution < 1.29 is 18.0 Å². The molecule has 0 saturated carbocycles. The zero-order chi connectivity index (χ0) is 21.0. The molecule has 5 rings (SSSR count). The van der Waals surface area contributed by atoms with Crippen molar-refractivity contribution in [1.29, 1.82) is 0 Å². The van der Waals surface area contributed by atoms with E-state index in [9.17, 15) is 18.0 Å². The lowest BCUT2D eigenvalue weighted by Gasteiger charge is -2.17. The summed E-state index contributed by atoms with van der Waals surface area (Å²) in [4.78, 5) is 32.4. The number of imidazole rings is 1. The topological polar surface area (TPSA) is 114 Å². The summed E-state index contributed by atoms with van der Waals surface area (Å²) in [6.45, 7) is 0.427. The maximum absolute atomic E-state index is 12.1. The minimum absolute atomic E-state index is 0.277. The second kappa shape index (κ2) is 6.67. The Balaban J connectivity index is 1.59. The molecule has 30 heavy (non-hydrogen) atoms. The first-order chi connectivity index (χ1) is 14.3. The molecule has 0 bridgehead atoms. The molecule has 2 amide bonds. The van der Waals surface area contributed by atoms with Gasteiger partial charge in [-0.2, -0.15) is 0 Å². The van der Waals surface area contributed by atoms with Gasteiger partial charge in [0.05, 0.1) is 28.2 Å². The van der Waals surface area contributed by atoms with E-state index in [4.69, 9.17) is 0 Å². The number of amides is 2. The van der Waals surface area contributed by atoms with Crippen LogP contribution in [-0.4, -0.2) is 46.9 Å². The normalized spacial score (nSPS) is 17.8. The van der Waals surface area contributed by atoms with Crippen LogP contribution in [0, 0.1) is 0 Å². The van der Waals surface area contributed by atoms with Gasteiger partial charge in [-0.1, -0.05) is 6.07 Å². The molecule has 1 saturated heterocycles. The number of benzene rings is 1. The number of imide groups is 1. The Morgan fingerprint density at radius 3 is 2.77 bits per heavy atom. The van der Waals surface area contributed by atoms with E-state index < -0.39 is 21.2 Å². The van der Waals surface area contributed by atoms with Crippen molar-refractivity contribution in [3.05, 3.63) is 52.8 Å². The molecule has 0 spiro atoms. The Morgan fingerprint density at radius 2 is 2.03 bits per heavy atom. The van der Waals surface area contributed by atoms with Crippen molar-refractivity contribution in [2.45, 2.75) is 6.42 Å². The fourth-order valence-electron chi connectivity index (χ4n) is 3.57. The highest BCUT2D eigenvalue weighted by atomic mass is 32.2. The number of nitrogens with one attached hydrogen (secondary N) is 1. The van der Waals surface area contributed by atoms with E-state index in [0.717, 1.165) is 23.0 Å². The third-order valence-electron chi connectivity index (χ3n) is 4.94. The lowest BCUT2D eigenvalue weighted by Crippen LogP contribution is -2.27. The number of hydrogen-bond acceptors (Lipinski definition) is 7. The minimum atomic E-state index is -3.36. The number of rotatable bonds is 3. The molecule has 0 unspecified atom stereocenters. The number of hydrogen-bond donors (Lipinski definition) is 1. The number of nitrogens with zero attached hydrogens (tertiary/aromatic N) is 4. The number of aromatic nitrogens is 3. The van der Waals surface area contributed by atoms with Crippen molar-refractivity contribution in [2.75, 3.05) is 17.1 Å². The summed E-state index contributed by atoms with van der Waals surface area (Å²) in [5, 5.41) is 1.80. The fraction of sp³-hybridized carbons (Fsp3) is 0.158. The first-order valence-electron chi connectivity index (χ1n) is 8.99. The first-order valence-corrected chi connectivity index (χ1v) is 11.7. The number of sulfonamides is 1. The Labute approximate surface area is 175 Å². The van der Waals surface area contributed by atoms with Gasteiger partial charge in [0, 0.05) is 6.54 Å². The highest BCUT2D eigenvalue weighted by Gasteiger charge is 2.27. The molecule has 11 heteroatoms. The lowest BCUT2D eigenvalue weighted by atomic mass is 10.1. The average Bonchev–Trinajstić information content (AvgIpc) is 3.37. The minimum Gasteiger partial charge on any atom is -0.283 e. The van der Waals surface area contributed by atoms with Crippen LogP contribution in [0.3, 0.4) is 0 Å². The number of carbonyl (C=O) groups excluding carboxylic acids is 2. The molecule has 3 aromatic rings. The van der Waals surface area contributed by atoms with Crippen LogP contribution in [0.2, 0.25) is 0 Å². The fourth-order valence-corrected chi connectivity index (χ4v) is 5.18. The quantitative estimate of drug-likeness (QED) is 0.619. The first kappa shape index (κ1) is 18.8.